The van der Waals surface area contributed by atoms with Gasteiger partial charge in [-0.3, -0.25) is 9.89 Å². The number of benzene rings is 3. The maximum atomic E-state index is 12.6. The van der Waals surface area contributed by atoms with Crippen LogP contribution in [0.5, 0.6) is 11.5 Å². The Bertz CT molecular complexity index is 1380. The number of carbonyl (C=O) groups is 1. The number of hydrogen-bond donors (Lipinski definition) is 3. The number of amides is 1. The highest BCUT2D eigenvalue weighted by atomic mass is 16.5. The van der Waals surface area contributed by atoms with Crippen molar-refractivity contribution in [1.29, 1.82) is 0 Å². The highest BCUT2D eigenvalue weighted by Gasteiger charge is 2.18. The van der Waals surface area contributed by atoms with Crippen molar-refractivity contribution in [2.45, 2.75) is 19.8 Å². The first kappa shape index (κ1) is 19.8. The van der Waals surface area contributed by atoms with Crippen LogP contribution in [-0.4, -0.2) is 34.0 Å². The van der Waals surface area contributed by atoms with Gasteiger partial charge in [0.1, 0.15) is 5.69 Å². The number of phenols is 1. The van der Waals surface area contributed by atoms with Gasteiger partial charge in [-0.1, -0.05) is 30.3 Å². The highest BCUT2D eigenvalue weighted by Crippen LogP contribution is 2.36. The van der Waals surface area contributed by atoms with Crippen molar-refractivity contribution in [2.75, 3.05) is 7.11 Å². The van der Waals surface area contributed by atoms with Gasteiger partial charge in [0.15, 0.2) is 11.5 Å². The van der Waals surface area contributed by atoms with E-state index in [1.165, 1.54) is 29.7 Å². The molecular weight excluding hydrogens is 404 g/mol. The number of aromatic nitrogens is 2. The Morgan fingerprint density at radius 3 is 2.75 bits per heavy atom. The van der Waals surface area contributed by atoms with Gasteiger partial charge in [-0.2, -0.15) is 10.2 Å². The normalized spacial score (nSPS) is 12.9. The van der Waals surface area contributed by atoms with Gasteiger partial charge in [-0.15, -0.1) is 0 Å². The molecule has 1 aliphatic carbocycles. The van der Waals surface area contributed by atoms with E-state index in [0.717, 1.165) is 35.0 Å². The topological polar surface area (TPSA) is 99.6 Å². The van der Waals surface area contributed by atoms with Gasteiger partial charge in [0.25, 0.3) is 5.91 Å². The van der Waals surface area contributed by atoms with Crippen LogP contribution >= 0.6 is 0 Å². The summed E-state index contributed by atoms with van der Waals surface area (Å²) in [7, 11) is 1.48. The molecule has 5 rings (SSSR count). The molecule has 0 saturated carbocycles. The monoisotopic (exact) mass is 426 g/mol. The summed E-state index contributed by atoms with van der Waals surface area (Å²) in [6.07, 6.45) is 2.13. The van der Waals surface area contributed by atoms with Crippen LogP contribution in [0.4, 0.5) is 0 Å². The smallest absolute Gasteiger partial charge is 0.289 e. The number of methoxy groups -OCH3 is 1. The Morgan fingerprint density at radius 1 is 1.12 bits per heavy atom. The van der Waals surface area contributed by atoms with Crippen molar-refractivity contribution in [2.24, 2.45) is 5.10 Å². The first-order valence-electron chi connectivity index (χ1n) is 10.4. The molecule has 3 N–H and O–H groups in total. The van der Waals surface area contributed by atoms with Crippen LogP contribution in [-0.2, 0) is 12.8 Å². The van der Waals surface area contributed by atoms with Gasteiger partial charge in [0, 0.05) is 11.1 Å². The zero-order valence-electron chi connectivity index (χ0n) is 17.8. The summed E-state index contributed by atoms with van der Waals surface area (Å²) in [5.41, 5.74) is 8.61. The van der Waals surface area contributed by atoms with Crippen LogP contribution < -0.4 is 10.2 Å². The molecule has 0 saturated heterocycles. The van der Waals surface area contributed by atoms with Gasteiger partial charge >= 0.3 is 0 Å². The van der Waals surface area contributed by atoms with E-state index in [0.29, 0.717) is 17.2 Å². The Balaban J connectivity index is 1.38. The predicted octanol–water partition coefficient (Wildman–Crippen LogP) is 4.20. The molecule has 4 aromatic rings. The van der Waals surface area contributed by atoms with Crippen molar-refractivity contribution in [3.63, 3.8) is 0 Å². The molecule has 1 aliphatic rings. The zero-order valence-corrected chi connectivity index (χ0v) is 17.8. The summed E-state index contributed by atoms with van der Waals surface area (Å²) < 4.78 is 5.12. The van der Waals surface area contributed by atoms with Gasteiger partial charge < -0.3 is 9.84 Å². The second-order valence-electron chi connectivity index (χ2n) is 7.80. The van der Waals surface area contributed by atoms with Crippen molar-refractivity contribution in [1.82, 2.24) is 15.6 Å². The summed E-state index contributed by atoms with van der Waals surface area (Å²) in [4.78, 5) is 12.6. The number of rotatable bonds is 5. The summed E-state index contributed by atoms with van der Waals surface area (Å²) in [6, 6.07) is 17.2. The third-order valence-corrected chi connectivity index (χ3v) is 5.90. The van der Waals surface area contributed by atoms with Gasteiger partial charge in [-0.05, 0) is 65.9 Å². The number of nitrogens with zero attached hydrogens (tertiary/aromatic N) is 2. The Labute approximate surface area is 184 Å². The van der Waals surface area contributed by atoms with E-state index in [9.17, 15) is 9.90 Å². The molecule has 1 amide bonds. The summed E-state index contributed by atoms with van der Waals surface area (Å²) in [5.74, 6) is -0.00663. The third-order valence-electron chi connectivity index (χ3n) is 5.90. The fourth-order valence-electron chi connectivity index (χ4n) is 4.21. The fraction of sp³-hybridized carbons (Fsp3) is 0.160. The second-order valence-corrected chi connectivity index (χ2v) is 7.80. The minimum atomic E-state index is -0.389. The maximum Gasteiger partial charge on any atom is 0.289 e. The highest BCUT2D eigenvalue weighted by molar-refractivity contribution is 6.03. The molecule has 0 unspecified atom stereocenters. The summed E-state index contributed by atoms with van der Waals surface area (Å²) in [6.45, 7) is 1.76. The number of hydrogen-bond acceptors (Lipinski definition) is 5. The number of ether oxygens (including phenoxy) is 1. The molecule has 1 heterocycles. The minimum absolute atomic E-state index is 0.0427. The number of aryl methyl sites for hydroxylation is 2. The number of aromatic hydroxyl groups is 1. The first-order chi connectivity index (χ1) is 15.5. The number of phenolic OH excluding ortho intramolecular Hbond substituents is 1. The number of H-pyrrole nitrogens is 1. The zero-order chi connectivity index (χ0) is 22.2. The van der Waals surface area contributed by atoms with Crippen LogP contribution in [0, 0.1) is 0 Å². The number of nitrogens with one attached hydrogen (secondary N) is 2. The van der Waals surface area contributed by atoms with E-state index in [2.05, 4.69) is 51.1 Å². The molecule has 1 aromatic heterocycles. The van der Waals surface area contributed by atoms with E-state index in [1.54, 1.807) is 25.1 Å². The van der Waals surface area contributed by atoms with Gasteiger partial charge in [0.05, 0.1) is 18.5 Å². The number of hydrazone groups is 1. The summed E-state index contributed by atoms with van der Waals surface area (Å²) in [5, 5.41) is 23.6. The summed E-state index contributed by atoms with van der Waals surface area (Å²) >= 11 is 0. The molecule has 0 fully saturated rings. The Morgan fingerprint density at radius 2 is 1.94 bits per heavy atom. The third kappa shape index (κ3) is 3.37. The molecule has 3 aromatic carbocycles. The van der Waals surface area contributed by atoms with Gasteiger partial charge in [-0.25, -0.2) is 5.43 Å². The van der Waals surface area contributed by atoms with Crippen LogP contribution in [0.25, 0.3) is 22.0 Å². The number of carbonyl (C=O) groups excluding carboxylic acids is 1. The Hall–Kier alpha value is -4.13. The SMILES string of the molecule is COc1cc(/C(C)=N\NC(=O)c2cc(-c3ccc4c5c(cccc35)CC4)n[nH]2)ccc1O. The molecule has 7 heteroatoms. The van der Waals surface area contributed by atoms with Crippen LogP contribution in [0.1, 0.15) is 34.1 Å². The fourth-order valence-corrected chi connectivity index (χ4v) is 4.21. The van der Waals surface area contributed by atoms with Crippen molar-refractivity contribution >= 4 is 22.4 Å². The molecule has 32 heavy (non-hydrogen) atoms. The average molecular weight is 426 g/mol. The largest absolute Gasteiger partial charge is 0.504 e. The van der Waals surface area contributed by atoms with E-state index >= 15 is 0 Å². The lowest BCUT2D eigenvalue weighted by Gasteiger charge is -2.07. The molecule has 160 valence electrons. The molecule has 0 spiro atoms. The van der Waals surface area contributed by atoms with Crippen molar-refractivity contribution < 1.29 is 14.6 Å². The van der Waals surface area contributed by atoms with Crippen LogP contribution in [0.2, 0.25) is 0 Å². The molecule has 0 bridgehead atoms. The molecule has 0 aliphatic heterocycles. The van der Waals surface area contributed by atoms with E-state index in [1.807, 2.05) is 0 Å². The lowest BCUT2D eigenvalue weighted by atomic mass is 9.98. The van der Waals surface area contributed by atoms with E-state index in [4.69, 9.17) is 4.74 Å². The second kappa shape index (κ2) is 7.85. The van der Waals surface area contributed by atoms with Crippen LogP contribution in [0.3, 0.4) is 0 Å². The Kier molecular flexibility index (Phi) is 4.86. The standard InChI is InChI=1S/C25H22N4O3/c1-14(17-9-11-22(30)23(12-17)32-2)26-29-25(31)21-13-20(27-28-21)18-10-8-16-7-6-15-4-3-5-19(18)24(15)16/h3-5,8-13,30H,6-7H2,1-2H3,(H,27,28)(H,29,31)/b26-14-. The average Bonchev–Trinajstić information content (AvgIpc) is 3.47. The van der Waals surface area contributed by atoms with Crippen molar-refractivity contribution in [3.8, 4) is 22.8 Å². The lowest BCUT2D eigenvalue weighted by Crippen LogP contribution is -2.19. The van der Waals surface area contributed by atoms with E-state index in [-0.39, 0.29) is 11.7 Å². The minimum Gasteiger partial charge on any atom is -0.504 e. The maximum absolute atomic E-state index is 12.6. The number of aromatic amines is 1. The quantitative estimate of drug-likeness (QED) is 0.329. The van der Waals surface area contributed by atoms with Gasteiger partial charge in [0.2, 0.25) is 0 Å². The molecular formula is C25H22N4O3. The van der Waals surface area contributed by atoms with Crippen molar-refractivity contribution in [3.05, 3.63) is 77.0 Å². The molecule has 0 radical (unpaired) electrons. The van der Waals surface area contributed by atoms with E-state index < -0.39 is 0 Å². The molecule has 7 nitrogen and oxygen atoms in total. The van der Waals surface area contributed by atoms with Crippen LogP contribution in [0.15, 0.2) is 59.7 Å². The predicted molar refractivity (Wildman–Crippen MR) is 123 cm³/mol. The first-order valence-corrected chi connectivity index (χ1v) is 10.4. The molecule has 0 atom stereocenters. The lowest BCUT2D eigenvalue weighted by molar-refractivity contribution is 0.0950.